The number of benzene rings is 1. The van der Waals surface area contributed by atoms with E-state index in [4.69, 9.17) is 13.9 Å². The number of hydrazone groups is 1. The van der Waals surface area contributed by atoms with Crippen molar-refractivity contribution in [2.45, 2.75) is 52.6 Å². The summed E-state index contributed by atoms with van der Waals surface area (Å²) in [5.41, 5.74) is 0.471. The van der Waals surface area contributed by atoms with Gasteiger partial charge in [0.1, 0.15) is 12.6 Å². The van der Waals surface area contributed by atoms with Crippen molar-refractivity contribution in [2.24, 2.45) is 16.9 Å². The number of carbonyl (C=O) groups excluding carboxylic acids is 3. The zero-order chi connectivity index (χ0) is 25.5. The van der Waals surface area contributed by atoms with E-state index >= 15 is 0 Å². The molecule has 2 atom stereocenters. The van der Waals surface area contributed by atoms with Crippen LogP contribution >= 0.6 is 0 Å². The van der Waals surface area contributed by atoms with Crippen molar-refractivity contribution in [1.29, 1.82) is 0 Å². The van der Waals surface area contributed by atoms with Crippen LogP contribution in [0.25, 0.3) is 11.0 Å². The number of fused-ring (bicyclic) bond motifs is 1. The van der Waals surface area contributed by atoms with Crippen molar-refractivity contribution in [1.82, 2.24) is 15.6 Å². The Hall–Kier alpha value is -3.56. The number of methoxy groups -OCH3 is 1. The van der Waals surface area contributed by atoms with E-state index in [0.717, 1.165) is 5.39 Å². The third-order valence-corrected chi connectivity index (χ3v) is 5.46. The summed E-state index contributed by atoms with van der Waals surface area (Å²) in [7, 11) is 1.53. The fraction of sp³-hybridized carbons (Fsp3) is 0.520. The average Bonchev–Trinajstić information content (AvgIpc) is 3.42. The predicted octanol–water partition coefficient (Wildman–Crippen LogP) is 3.55. The van der Waals surface area contributed by atoms with Crippen LogP contribution in [-0.4, -0.2) is 61.5 Å². The van der Waals surface area contributed by atoms with Crippen LogP contribution in [0.1, 0.15) is 51.1 Å². The molecule has 0 bridgehead atoms. The fourth-order valence-electron chi connectivity index (χ4n) is 3.84. The van der Waals surface area contributed by atoms with Gasteiger partial charge in [-0.3, -0.25) is 9.59 Å². The number of hydrogen-bond acceptors (Lipinski definition) is 7. The van der Waals surface area contributed by atoms with Crippen LogP contribution in [0.4, 0.5) is 4.79 Å². The largest absolute Gasteiger partial charge is 0.493 e. The van der Waals surface area contributed by atoms with Gasteiger partial charge in [-0.25, -0.2) is 4.79 Å². The summed E-state index contributed by atoms with van der Waals surface area (Å²) in [4.78, 5) is 37.9. The highest BCUT2D eigenvalue weighted by atomic mass is 16.6. The zero-order valence-electron chi connectivity index (χ0n) is 20.9. The first-order valence-electron chi connectivity index (χ1n) is 11.8. The van der Waals surface area contributed by atoms with Crippen molar-refractivity contribution in [2.75, 3.05) is 20.3 Å². The number of carbonyl (C=O) groups is 3. The highest BCUT2D eigenvalue weighted by Crippen LogP contribution is 2.28. The molecule has 2 heterocycles. The van der Waals surface area contributed by atoms with Crippen LogP contribution in [0, 0.1) is 11.8 Å². The normalized spacial score (nSPS) is 15.6. The van der Waals surface area contributed by atoms with Crippen LogP contribution < -0.4 is 15.4 Å². The van der Waals surface area contributed by atoms with Crippen molar-refractivity contribution in [3.8, 4) is 5.75 Å². The van der Waals surface area contributed by atoms with Gasteiger partial charge in [-0.1, -0.05) is 39.8 Å². The van der Waals surface area contributed by atoms with Crippen LogP contribution in [-0.2, 0) is 9.53 Å². The average molecular weight is 487 g/mol. The molecule has 0 aliphatic carbocycles. The quantitative estimate of drug-likeness (QED) is 0.468. The number of nitrogens with zero attached hydrogens (tertiary/aromatic N) is 2. The molecule has 1 aliphatic rings. The number of hydrogen-bond donors (Lipinski definition) is 2. The van der Waals surface area contributed by atoms with E-state index in [-0.39, 0.29) is 30.1 Å². The summed E-state index contributed by atoms with van der Waals surface area (Å²) >= 11 is 0. The minimum absolute atomic E-state index is 0.0962. The van der Waals surface area contributed by atoms with Gasteiger partial charge in [0, 0.05) is 11.6 Å². The lowest BCUT2D eigenvalue weighted by molar-refractivity contribution is -0.123. The molecular formula is C25H34N4O6. The summed E-state index contributed by atoms with van der Waals surface area (Å²) in [5, 5.41) is 11.9. The third-order valence-electron chi connectivity index (χ3n) is 5.46. The van der Waals surface area contributed by atoms with Gasteiger partial charge in [-0.15, -0.1) is 0 Å². The lowest BCUT2D eigenvalue weighted by atomic mass is 10.0. The standard InChI is InChI=1S/C25H34N4O6/c1-15(2)11-18(14-26-29-9-10-34-25(29)32)27-23(30)19(12-16(3)4)28-24(31)21-13-17-7-6-8-20(33-5)22(17)35-21/h6-8,13-16,18-19H,9-12H2,1-5H3,(H,27,30)(H,28,31)/b26-14+/t18-,19-/m0/s1. The number of rotatable bonds is 11. The molecular weight excluding hydrogens is 452 g/mol. The van der Waals surface area contributed by atoms with E-state index in [1.165, 1.54) is 12.1 Å². The Bertz CT molecular complexity index is 1080. The molecule has 1 saturated heterocycles. The monoisotopic (exact) mass is 486 g/mol. The first kappa shape index (κ1) is 26.1. The Morgan fingerprint density at radius 3 is 2.54 bits per heavy atom. The Balaban J connectivity index is 1.74. The maximum Gasteiger partial charge on any atom is 0.430 e. The number of para-hydroxylation sites is 1. The summed E-state index contributed by atoms with van der Waals surface area (Å²) in [6, 6.07) is 5.81. The SMILES string of the molecule is COc1cccc2cc(C(=O)N[C@@H](CC(C)C)C(=O)N[C@H](/C=N/N3CCOC3=O)CC(C)C)oc12. The van der Waals surface area contributed by atoms with E-state index in [2.05, 4.69) is 15.7 Å². The van der Waals surface area contributed by atoms with Crippen molar-refractivity contribution < 1.29 is 28.3 Å². The minimum Gasteiger partial charge on any atom is -0.493 e. The van der Waals surface area contributed by atoms with E-state index in [1.54, 1.807) is 18.3 Å². The summed E-state index contributed by atoms with van der Waals surface area (Å²) in [6.07, 6.45) is 2.09. The maximum atomic E-state index is 13.2. The number of amides is 3. The first-order chi connectivity index (χ1) is 16.7. The summed E-state index contributed by atoms with van der Waals surface area (Å²) < 4.78 is 15.9. The van der Waals surface area contributed by atoms with E-state index in [1.807, 2.05) is 39.8 Å². The number of ether oxygens (including phenoxy) is 2. The van der Waals surface area contributed by atoms with Gasteiger partial charge in [0.05, 0.1) is 19.7 Å². The van der Waals surface area contributed by atoms with Gasteiger partial charge in [0.15, 0.2) is 17.1 Å². The molecule has 1 aromatic heterocycles. The van der Waals surface area contributed by atoms with Gasteiger partial charge in [0.25, 0.3) is 5.91 Å². The van der Waals surface area contributed by atoms with Crippen LogP contribution in [0.3, 0.4) is 0 Å². The lowest BCUT2D eigenvalue weighted by Crippen LogP contribution is -2.51. The first-order valence-corrected chi connectivity index (χ1v) is 11.8. The second kappa shape index (κ2) is 11.7. The highest BCUT2D eigenvalue weighted by molar-refractivity contribution is 5.99. The van der Waals surface area contributed by atoms with Gasteiger partial charge in [-0.05, 0) is 36.8 Å². The topological polar surface area (TPSA) is 122 Å². The van der Waals surface area contributed by atoms with Crippen LogP contribution in [0.2, 0.25) is 0 Å². The number of cyclic esters (lactones) is 1. The molecule has 0 radical (unpaired) electrons. The van der Waals surface area contributed by atoms with Crippen molar-refractivity contribution in [3.05, 3.63) is 30.0 Å². The molecule has 2 N–H and O–H groups in total. The van der Waals surface area contributed by atoms with Gasteiger partial charge in [-0.2, -0.15) is 10.1 Å². The van der Waals surface area contributed by atoms with E-state index in [0.29, 0.717) is 30.7 Å². The molecule has 0 saturated carbocycles. The smallest absolute Gasteiger partial charge is 0.430 e. The third kappa shape index (κ3) is 6.97. The summed E-state index contributed by atoms with van der Waals surface area (Å²) in [5.74, 6) is 0.216. The van der Waals surface area contributed by atoms with Gasteiger partial charge in [0.2, 0.25) is 5.91 Å². The molecule has 3 amide bonds. The molecule has 10 heteroatoms. The summed E-state index contributed by atoms with van der Waals surface area (Å²) in [6.45, 7) is 8.66. The van der Waals surface area contributed by atoms with Crippen LogP contribution in [0.5, 0.6) is 5.75 Å². The van der Waals surface area contributed by atoms with Gasteiger partial charge < -0.3 is 24.5 Å². The Morgan fingerprint density at radius 1 is 1.17 bits per heavy atom. The molecule has 0 unspecified atom stereocenters. The van der Waals surface area contributed by atoms with Crippen LogP contribution in [0.15, 0.2) is 33.8 Å². The fourth-order valence-corrected chi connectivity index (χ4v) is 3.84. The molecule has 1 aromatic carbocycles. The Morgan fingerprint density at radius 2 is 1.91 bits per heavy atom. The molecule has 190 valence electrons. The highest BCUT2D eigenvalue weighted by Gasteiger charge is 2.27. The molecule has 1 fully saturated rings. The molecule has 1 aliphatic heterocycles. The zero-order valence-corrected chi connectivity index (χ0v) is 20.9. The second-order valence-electron chi connectivity index (χ2n) is 9.39. The van der Waals surface area contributed by atoms with Crippen molar-refractivity contribution in [3.63, 3.8) is 0 Å². The molecule has 3 rings (SSSR count). The number of nitrogens with one attached hydrogen (secondary N) is 2. The Kier molecular flexibility index (Phi) is 8.73. The van der Waals surface area contributed by atoms with Crippen molar-refractivity contribution >= 4 is 35.1 Å². The predicted molar refractivity (Wildman–Crippen MR) is 131 cm³/mol. The van der Waals surface area contributed by atoms with E-state index in [9.17, 15) is 14.4 Å². The second-order valence-corrected chi connectivity index (χ2v) is 9.39. The molecule has 0 spiro atoms. The maximum absolute atomic E-state index is 13.2. The van der Waals surface area contributed by atoms with E-state index < -0.39 is 24.1 Å². The molecule has 10 nitrogen and oxygen atoms in total. The van der Waals surface area contributed by atoms with Gasteiger partial charge >= 0.3 is 6.09 Å². The minimum atomic E-state index is -0.780. The Labute approximate surface area is 205 Å². The lowest BCUT2D eigenvalue weighted by Gasteiger charge is -2.23. The molecule has 2 aromatic rings. The number of furan rings is 1. The molecule has 35 heavy (non-hydrogen) atoms.